The molecule has 1 aromatic rings. The Kier molecular flexibility index (Phi) is 3.53. The number of pyridine rings is 1. The second-order valence-corrected chi connectivity index (χ2v) is 4.67. The molecule has 1 saturated heterocycles. The summed E-state index contributed by atoms with van der Waals surface area (Å²) in [4.78, 5) is 4.14. The first-order valence-corrected chi connectivity index (χ1v) is 5.78. The summed E-state index contributed by atoms with van der Waals surface area (Å²) in [5.74, 6) is 0.665. The van der Waals surface area contributed by atoms with E-state index in [4.69, 9.17) is 11.6 Å². The fraction of sp³-hybridized carbons (Fsp3) is 0.417. The average Bonchev–Trinajstić information content (AvgIpc) is 2.31. The number of nitrogens with zero attached hydrogens (tertiary/aromatic N) is 1. The second kappa shape index (κ2) is 4.74. The summed E-state index contributed by atoms with van der Waals surface area (Å²) in [7, 11) is 0. The van der Waals surface area contributed by atoms with Gasteiger partial charge in [0.05, 0.1) is 0 Å². The topological polar surface area (TPSA) is 24.9 Å². The van der Waals surface area contributed by atoms with Crippen LogP contribution in [0.25, 0.3) is 5.57 Å². The molecule has 4 heteroatoms. The number of hydrogen-bond donors (Lipinski definition) is 1. The van der Waals surface area contributed by atoms with Gasteiger partial charge in [-0.25, -0.2) is 4.98 Å². The van der Waals surface area contributed by atoms with Crippen LogP contribution in [0, 0.1) is 5.92 Å². The van der Waals surface area contributed by atoms with Gasteiger partial charge in [0.2, 0.25) is 0 Å². The van der Waals surface area contributed by atoms with E-state index in [0.29, 0.717) is 17.1 Å². The van der Waals surface area contributed by atoms with Gasteiger partial charge in [0.25, 0.3) is 0 Å². The van der Waals surface area contributed by atoms with Crippen LogP contribution in [-0.4, -0.2) is 17.6 Å². The average molecular weight is 257 g/mol. The Hall–Kier alpha value is -0.570. The minimum Gasteiger partial charge on any atom is -0.310 e. The van der Waals surface area contributed by atoms with Gasteiger partial charge in [-0.05, 0) is 36.0 Å². The van der Waals surface area contributed by atoms with E-state index in [-0.39, 0.29) is 12.4 Å². The van der Waals surface area contributed by atoms with Crippen molar-refractivity contribution in [2.45, 2.75) is 18.9 Å². The van der Waals surface area contributed by atoms with Gasteiger partial charge in [-0.3, -0.25) is 0 Å². The maximum Gasteiger partial charge on any atom is 0.129 e. The second-order valence-electron chi connectivity index (χ2n) is 4.28. The number of fused-ring (bicyclic) bond motifs is 2. The minimum atomic E-state index is 0. The van der Waals surface area contributed by atoms with Crippen LogP contribution in [0.5, 0.6) is 0 Å². The Balaban J connectivity index is 0.000000963. The first kappa shape index (κ1) is 11.9. The summed E-state index contributed by atoms with van der Waals surface area (Å²) in [5, 5.41) is 4.07. The van der Waals surface area contributed by atoms with E-state index in [1.165, 1.54) is 24.0 Å². The van der Waals surface area contributed by atoms with Gasteiger partial charge in [-0.2, -0.15) is 0 Å². The van der Waals surface area contributed by atoms with Crippen molar-refractivity contribution < 1.29 is 0 Å². The lowest BCUT2D eigenvalue weighted by Gasteiger charge is -2.36. The number of nitrogens with one attached hydrogen (secondary N) is 1. The van der Waals surface area contributed by atoms with Crippen molar-refractivity contribution in [3.63, 3.8) is 0 Å². The standard InChI is InChI=1S/C12H13ClN2.ClH/c13-12-4-2-9(7-15-12)11-5-10-3-1-8(11)6-14-10;/h2,4-5,7-8,10,14H,1,3,6H2;1H. The molecule has 2 aliphatic heterocycles. The van der Waals surface area contributed by atoms with E-state index < -0.39 is 0 Å². The lowest BCUT2D eigenvalue weighted by Crippen LogP contribution is -2.42. The first-order valence-electron chi connectivity index (χ1n) is 5.40. The van der Waals surface area contributed by atoms with Crippen molar-refractivity contribution in [1.82, 2.24) is 10.3 Å². The first-order chi connectivity index (χ1) is 7.33. The molecule has 3 aliphatic rings. The highest BCUT2D eigenvalue weighted by molar-refractivity contribution is 6.29. The molecule has 2 atom stereocenters. The zero-order valence-corrected chi connectivity index (χ0v) is 10.4. The molecule has 0 radical (unpaired) electrons. The summed E-state index contributed by atoms with van der Waals surface area (Å²) in [6, 6.07) is 4.51. The molecule has 2 unspecified atom stereocenters. The normalized spacial score (nSPS) is 27.2. The van der Waals surface area contributed by atoms with Crippen molar-refractivity contribution in [2.24, 2.45) is 5.92 Å². The molecule has 0 aromatic carbocycles. The molecule has 1 aliphatic carbocycles. The zero-order chi connectivity index (χ0) is 10.3. The van der Waals surface area contributed by atoms with Crippen LogP contribution < -0.4 is 5.32 Å². The van der Waals surface area contributed by atoms with E-state index in [1.54, 1.807) is 0 Å². The molecule has 0 amide bonds. The number of piperidine rings is 1. The van der Waals surface area contributed by atoms with Crippen LogP contribution >= 0.6 is 24.0 Å². The van der Waals surface area contributed by atoms with Crippen molar-refractivity contribution >= 4 is 29.6 Å². The van der Waals surface area contributed by atoms with Crippen molar-refractivity contribution in [1.29, 1.82) is 0 Å². The third kappa shape index (κ3) is 2.10. The summed E-state index contributed by atoms with van der Waals surface area (Å²) < 4.78 is 0. The molecule has 0 spiro atoms. The Labute approximate surface area is 107 Å². The highest BCUT2D eigenvalue weighted by Crippen LogP contribution is 2.35. The van der Waals surface area contributed by atoms with Gasteiger partial charge in [0.15, 0.2) is 0 Å². The molecule has 1 aromatic heterocycles. The Morgan fingerprint density at radius 1 is 1.31 bits per heavy atom. The molecule has 0 saturated carbocycles. The molecule has 3 heterocycles. The minimum absolute atomic E-state index is 0. The Morgan fingerprint density at radius 2 is 2.19 bits per heavy atom. The highest BCUT2D eigenvalue weighted by atomic mass is 35.5. The van der Waals surface area contributed by atoms with Crippen LogP contribution in [-0.2, 0) is 0 Å². The van der Waals surface area contributed by atoms with E-state index in [0.717, 1.165) is 6.54 Å². The maximum absolute atomic E-state index is 5.79. The van der Waals surface area contributed by atoms with Gasteiger partial charge >= 0.3 is 0 Å². The molecular formula is C12H14Cl2N2. The lowest BCUT2D eigenvalue weighted by atomic mass is 9.79. The summed E-state index contributed by atoms with van der Waals surface area (Å²) in [6.45, 7) is 1.11. The van der Waals surface area contributed by atoms with Crippen LogP contribution in [0.3, 0.4) is 0 Å². The fourth-order valence-corrected chi connectivity index (χ4v) is 2.63. The van der Waals surface area contributed by atoms with Crippen molar-refractivity contribution in [3.8, 4) is 0 Å². The van der Waals surface area contributed by atoms with Gasteiger partial charge in [0.1, 0.15) is 5.15 Å². The largest absolute Gasteiger partial charge is 0.310 e. The lowest BCUT2D eigenvalue weighted by molar-refractivity contribution is 0.375. The van der Waals surface area contributed by atoms with Crippen LogP contribution in [0.4, 0.5) is 0 Å². The SMILES string of the molecule is Cl.Clc1ccc(C2=CC3CCC2CN3)cn1. The Bertz CT molecular complexity index is 392. The van der Waals surface area contributed by atoms with E-state index >= 15 is 0 Å². The molecule has 2 nitrogen and oxygen atoms in total. The monoisotopic (exact) mass is 256 g/mol. The van der Waals surface area contributed by atoms with Gasteiger partial charge < -0.3 is 5.32 Å². The van der Waals surface area contributed by atoms with Gasteiger partial charge in [-0.15, -0.1) is 12.4 Å². The maximum atomic E-state index is 5.79. The molecule has 16 heavy (non-hydrogen) atoms. The molecule has 1 fully saturated rings. The van der Waals surface area contributed by atoms with E-state index in [9.17, 15) is 0 Å². The van der Waals surface area contributed by atoms with Crippen LogP contribution in [0.15, 0.2) is 24.4 Å². The smallest absolute Gasteiger partial charge is 0.129 e. The van der Waals surface area contributed by atoms with Crippen molar-refractivity contribution in [2.75, 3.05) is 6.54 Å². The number of halogens is 2. The van der Waals surface area contributed by atoms with E-state index in [2.05, 4.69) is 22.4 Å². The number of rotatable bonds is 1. The van der Waals surface area contributed by atoms with Gasteiger partial charge in [0, 0.05) is 18.8 Å². The Morgan fingerprint density at radius 3 is 2.69 bits per heavy atom. The van der Waals surface area contributed by atoms with Gasteiger partial charge in [-0.1, -0.05) is 23.7 Å². The molecule has 4 rings (SSSR count). The third-order valence-electron chi connectivity index (χ3n) is 3.33. The summed E-state index contributed by atoms with van der Waals surface area (Å²) in [5.41, 5.74) is 2.68. The predicted octanol–water partition coefficient (Wildman–Crippen LogP) is 2.92. The molecule has 1 N–H and O–H groups in total. The highest BCUT2D eigenvalue weighted by Gasteiger charge is 2.28. The summed E-state index contributed by atoms with van der Waals surface area (Å²) >= 11 is 5.79. The van der Waals surface area contributed by atoms with Crippen molar-refractivity contribution in [3.05, 3.63) is 35.1 Å². The van der Waals surface area contributed by atoms with E-state index in [1.807, 2.05) is 12.3 Å². The molecule has 2 bridgehead atoms. The van der Waals surface area contributed by atoms with Crippen LogP contribution in [0.2, 0.25) is 5.15 Å². The molecular weight excluding hydrogens is 243 g/mol. The number of aromatic nitrogens is 1. The summed E-state index contributed by atoms with van der Waals surface area (Å²) in [6.07, 6.45) is 6.80. The van der Waals surface area contributed by atoms with Crippen LogP contribution in [0.1, 0.15) is 18.4 Å². The zero-order valence-electron chi connectivity index (χ0n) is 8.82. The fourth-order valence-electron chi connectivity index (χ4n) is 2.52. The predicted molar refractivity (Wildman–Crippen MR) is 69.0 cm³/mol. The number of hydrogen-bond acceptors (Lipinski definition) is 2. The quantitative estimate of drug-likeness (QED) is 0.782. The third-order valence-corrected chi connectivity index (χ3v) is 3.56. The molecule has 86 valence electrons.